The smallest absolute Gasteiger partial charge is 0.303 e. The Morgan fingerprint density at radius 2 is 1.89 bits per heavy atom. The minimum atomic E-state index is -0.698. The topological polar surface area (TPSA) is 37.3 Å². The summed E-state index contributed by atoms with van der Waals surface area (Å²) >= 11 is 0. The van der Waals surface area contributed by atoms with Gasteiger partial charge in [-0.15, -0.1) is 0 Å². The number of aliphatic carboxylic acids is 1. The van der Waals surface area contributed by atoms with E-state index in [2.05, 4.69) is 35.8 Å². The molecule has 0 aliphatic heterocycles. The molecule has 2 nitrogen and oxygen atoms in total. The van der Waals surface area contributed by atoms with E-state index >= 15 is 0 Å². The molecule has 0 heterocycles. The second kappa shape index (κ2) is 14.1. The van der Waals surface area contributed by atoms with Crippen molar-refractivity contribution in [2.75, 3.05) is 0 Å². The van der Waals surface area contributed by atoms with E-state index in [9.17, 15) is 4.79 Å². The van der Waals surface area contributed by atoms with Crippen LogP contribution in [0, 0.1) is 23.7 Å². The molecule has 19 heavy (non-hydrogen) atoms. The van der Waals surface area contributed by atoms with E-state index in [-0.39, 0.29) is 0 Å². The van der Waals surface area contributed by atoms with Gasteiger partial charge in [-0.05, 0) is 44.1 Å². The zero-order chi connectivity index (χ0) is 14.2. The number of carbonyl (C=O) groups is 1. The van der Waals surface area contributed by atoms with Gasteiger partial charge in [0.1, 0.15) is 0 Å². The SMILES string of the molecule is C/C=C/C#CC#CC/C=C/CCCCCCC(=O)O. The summed E-state index contributed by atoms with van der Waals surface area (Å²) in [6.45, 7) is 1.92. The summed E-state index contributed by atoms with van der Waals surface area (Å²) in [6, 6.07) is 0. The quantitative estimate of drug-likeness (QED) is 0.407. The van der Waals surface area contributed by atoms with Crippen LogP contribution in [0.2, 0.25) is 0 Å². The minimum Gasteiger partial charge on any atom is -0.481 e. The number of allylic oxidation sites excluding steroid dienone is 4. The van der Waals surface area contributed by atoms with Crippen LogP contribution in [-0.2, 0) is 4.79 Å². The number of rotatable bonds is 8. The van der Waals surface area contributed by atoms with Crippen LogP contribution in [0.4, 0.5) is 0 Å². The summed E-state index contributed by atoms with van der Waals surface area (Å²) < 4.78 is 0. The lowest BCUT2D eigenvalue weighted by atomic mass is 10.1. The fraction of sp³-hybridized carbons (Fsp3) is 0.471. The molecule has 0 saturated carbocycles. The average Bonchev–Trinajstić information content (AvgIpc) is 2.39. The molecule has 2 heteroatoms. The van der Waals surface area contributed by atoms with Crippen molar-refractivity contribution in [3.8, 4) is 23.7 Å². The molecular formula is C17H22O2. The van der Waals surface area contributed by atoms with Crippen molar-refractivity contribution in [1.29, 1.82) is 0 Å². The Labute approximate surface area is 116 Å². The van der Waals surface area contributed by atoms with E-state index in [0.29, 0.717) is 6.42 Å². The molecule has 1 N–H and O–H groups in total. The molecule has 0 amide bonds. The summed E-state index contributed by atoms with van der Waals surface area (Å²) in [5.74, 6) is 10.6. The third kappa shape index (κ3) is 16.1. The van der Waals surface area contributed by atoms with Crippen molar-refractivity contribution in [1.82, 2.24) is 0 Å². The van der Waals surface area contributed by atoms with Crippen molar-refractivity contribution in [2.24, 2.45) is 0 Å². The van der Waals surface area contributed by atoms with Crippen molar-refractivity contribution in [2.45, 2.75) is 51.9 Å². The van der Waals surface area contributed by atoms with Gasteiger partial charge in [-0.3, -0.25) is 4.79 Å². The van der Waals surface area contributed by atoms with Gasteiger partial charge in [0.2, 0.25) is 0 Å². The molecule has 0 unspecified atom stereocenters. The monoisotopic (exact) mass is 258 g/mol. The highest BCUT2D eigenvalue weighted by Gasteiger charge is 1.95. The zero-order valence-electron chi connectivity index (χ0n) is 11.6. The van der Waals surface area contributed by atoms with Crippen LogP contribution in [0.25, 0.3) is 0 Å². The van der Waals surface area contributed by atoms with Crippen LogP contribution in [-0.4, -0.2) is 11.1 Å². The van der Waals surface area contributed by atoms with Crippen LogP contribution >= 0.6 is 0 Å². The van der Waals surface area contributed by atoms with Gasteiger partial charge in [0, 0.05) is 12.8 Å². The Kier molecular flexibility index (Phi) is 12.7. The van der Waals surface area contributed by atoms with Gasteiger partial charge in [-0.2, -0.15) is 0 Å². The fourth-order valence-corrected chi connectivity index (χ4v) is 1.41. The molecule has 0 atom stereocenters. The molecule has 0 aliphatic rings. The maximum absolute atomic E-state index is 10.3. The summed E-state index contributed by atoms with van der Waals surface area (Å²) in [5.41, 5.74) is 0. The number of hydrogen-bond donors (Lipinski definition) is 1. The Morgan fingerprint density at radius 1 is 1.11 bits per heavy atom. The highest BCUT2D eigenvalue weighted by molar-refractivity contribution is 5.66. The van der Waals surface area contributed by atoms with Crippen molar-refractivity contribution < 1.29 is 9.90 Å². The summed E-state index contributed by atoms with van der Waals surface area (Å²) in [7, 11) is 0. The van der Waals surface area contributed by atoms with E-state index in [1.54, 1.807) is 6.08 Å². The van der Waals surface area contributed by atoms with Gasteiger partial charge in [-0.25, -0.2) is 0 Å². The van der Waals surface area contributed by atoms with E-state index in [4.69, 9.17) is 5.11 Å². The molecule has 0 saturated heterocycles. The van der Waals surface area contributed by atoms with Crippen LogP contribution in [0.1, 0.15) is 51.9 Å². The Hall–Kier alpha value is -1.93. The van der Waals surface area contributed by atoms with Crippen LogP contribution in [0.15, 0.2) is 24.3 Å². The lowest BCUT2D eigenvalue weighted by Gasteiger charge is -1.96. The van der Waals surface area contributed by atoms with E-state index in [0.717, 1.165) is 38.5 Å². The normalized spacial score (nSPS) is 9.95. The maximum atomic E-state index is 10.3. The second-order valence-corrected chi connectivity index (χ2v) is 4.09. The lowest BCUT2D eigenvalue weighted by molar-refractivity contribution is -0.137. The van der Waals surface area contributed by atoms with Gasteiger partial charge >= 0.3 is 5.97 Å². The lowest BCUT2D eigenvalue weighted by Crippen LogP contribution is -1.93. The van der Waals surface area contributed by atoms with Gasteiger partial charge < -0.3 is 5.11 Å². The molecule has 0 aromatic rings. The number of hydrogen-bond acceptors (Lipinski definition) is 1. The van der Waals surface area contributed by atoms with Crippen LogP contribution in [0.5, 0.6) is 0 Å². The van der Waals surface area contributed by atoms with Crippen molar-refractivity contribution in [3.63, 3.8) is 0 Å². The second-order valence-electron chi connectivity index (χ2n) is 4.09. The molecule has 0 aromatic carbocycles. The van der Waals surface area contributed by atoms with Crippen LogP contribution < -0.4 is 0 Å². The zero-order valence-corrected chi connectivity index (χ0v) is 11.6. The molecule has 0 radical (unpaired) electrons. The van der Waals surface area contributed by atoms with E-state index < -0.39 is 5.97 Å². The molecule has 0 rings (SSSR count). The van der Waals surface area contributed by atoms with Gasteiger partial charge in [0.25, 0.3) is 0 Å². The molecule has 0 spiro atoms. The standard InChI is InChI=1S/C17H22O2/c1-2-3-4-5-6-7-8-9-10-11-12-13-14-15-16-17(18)19/h2-3,9-10H,8,11-16H2,1H3,(H,18,19)/b3-2+,10-9+. The van der Waals surface area contributed by atoms with Gasteiger partial charge in [0.15, 0.2) is 0 Å². The van der Waals surface area contributed by atoms with Crippen molar-refractivity contribution in [3.05, 3.63) is 24.3 Å². The highest BCUT2D eigenvalue weighted by atomic mass is 16.4. The van der Waals surface area contributed by atoms with E-state index in [1.165, 1.54) is 0 Å². The molecular weight excluding hydrogens is 236 g/mol. The summed E-state index contributed by atoms with van der Waals surface area (Å²) in [6.07, 6.45) is 13.9. The van der Waals surface area contributed by atoms with Gasteiger partial charge in [-0.1, -0.05) is 42.9 Å². The molecule has 102 valence electrons. The minimum absolute atomic E-state index is 0.291. The van der Waals surface area contributed by atoms with Crippen LogP contribution in [0.3, 0.4) is 0 Å². The Morgan fingerprint density at radius 3 is 2.63 bits per heavy atom. The molecule has 0 fully saturated rings. The maximum Gasteiger partial charge on any atom is 0.303 e. The first kappa shape index (κ1) is 17.1. The van der Waals surface area contributed by atoms with Crippen molar-refractivity contribution >= 4 is 5.97 Å². The first-order valence-corrected chi connectivity index (χ1v) is 6.73. The number of carboxylic acid groups (broad SMARTS) is 1. The van der Waals surface area contributed by atoms with E-state index in [1.807, 2.05) is 13.0 Å². The number of unbranched alkanes of at least 4 members (excludes halogenated alkanes) is 4. The predicted molar refractivity (Wildman–Crippen MR) is 79.5 cm³/mol. The molecule has 0 aliphatic carbocycles. The average molecular weight is 258 g/mol. The third-order valence-corrected chi connectivity index (χ3v) is 2.37. The Bertz CT molecular complexity index is 408. The fourth-order valence-electron chi connectivity index (χ4n) is 1.41. The summed E-state index contributed by atoms with van der Waals surface area (Å²) in [5, 5.41) is 8.47. The third-order valence-electron chi connectivity index (χ3n) is 2.37. The largest absolute Gasteiger partial charge is 0.481 e. The predicted octanol–water partition coefficient (Wildman–Crippen LogP) is 3.94. The highest BCUT2D eigenvalue weighted by Crippen LogP contribution is 2.05. The van der Waals surface area contributed by atoms with Gasteiger partial charge in [0.05, 0.1) is 0 Å². The first-order chi connectivity index (χ1) is 9.27. The molecule has 0 aromatic heterocycles. The summed E-state index contributed by atoms with van der Waals surface area (Å²) in [4.78, 5) is 10.3. The Balaban J connectivity index is 3.40. The number of carboxylic acids is 1. The molecule has 0 bridgehead atoms. The first-order valence-electron chi connectivity index (χ1n) is 6.73.